The summed E-state index contributed by atoms with van der Waals surface area (Å²) in [5, 5.41) is 2.72. The summed E-state index contributed by atoms with van der Waals surface area (Å²) >= 11 is 1.01. The number of para-hydroxylation sites is 1. The third-order valence-corrected chi connectivity index (χ3v) is 7.38. The number of benzene rings is 3. The van der Waals surface area contributed by atoms with E-state index >= 15 is 0 Å². The standard InChI is InChI=1S/C30H26N4O8S/c1-38-21-12-10-20(11-13-21)34-27(29(37)42-32-34)23(35)17-43-30-31-22(28(36)33(30)19-8-6-5-7-9-19)14-18-15-25(40-3)26(41-4)16-24(18)39-2/h5-16H,17H2,1-4H3/p+1/b22-14+. The van der Waals surface area contributed by atoms with Crippen LogP contribution < -0.4 is 34.2 Å². The van der Waals surface area contributed by atoms with Crippen molar-refractivity contribution in [1.82, 2.24) is 5.27 Å². The number of amides is 1. The van der Waals surface area contributed by atoms with Gasteiger partial charge < -0.3 is 18.9 Å². The number of thioether (sulfide) groups is 1. The number of carbonyl (C=O) groups is 2. The molecule has 3 aromatic carbocycles. The minimum Gasteiger partial charge on any atom is -0.497 e. The number of nitrogens with zero attached hydrogens (tertiary/aromatic N) is 3. The lowest BCUT2D eigenvalue weighted by atomic mass is 10.1. The number of H-pyrrole nitrogens is 1. The predicted molar refractivity (Wildman–Crippen MR) is 160 cm³/mol. The van der Waals surface area contributed by atoms with E-state index in [0.717, 1.165) is 11.8 Å². The maximum atomic E-state index is 13.7. The van der Waals surface area contributed by atoms with Crippen LogP contribution in [0.1, 0.15) is 16.1 Å². The molecule has 0 atom stereocenters. The lowest BCUT2D eigenvalue weighted by molar-refractivity contribution is -0.672. The SMILES string of the molecule is COc1ccc(-[n+]2[nH]oc(=O)c2C(=O)CSC2=N/C(=C/c3cc(OC)c(OC)cc3OC)C(=O)N2c2ccccc2)cc1. The van der Waals surface area contributed by atoms with Crippen LogP contribution in [0.2, 0.25) is 0 Å². The molecule has 0 spiro atoms. The molecule has 1 aromatic heterocycles. The average Bonchev–Trinajstić information content (AvgIpc) is 3.58. The van der Waals surface area contributed by atoms with Crippen molar-refractivity contribution < 1.29 is 37.7 Å². The summed E-state index contributed by atoms with van der Waals surface area (Å²) < 4.78 is 27.6. The van der Waals surface area contributed by atoms with Crippen LogP contribution in [0.25, 0.3) is 11.8 Å². The molecule has 0 saturated carbocycles. The van der Waals surface area contributed by atoms with E-state index in [1.54, 1.807) is 66.7 Å². The van der Waals surface area contributed by atoms with Crippen molar-refractivity contribution in [3.63, 3.8) is 0 Å². The molecule has 1 N–H and O–H groups in total. The van der Waals surface area contributed by atoms with Gasteiger partial charge in [-0.05, 0) is 46.4 Å². The van der Waals surface area contributed by atoms with E-state index in [-0.39, 0.29) is 22.3 Å². The lowest BCUT2D eigenvalue weighted by Gasteiger charge is -2.17. The molecule has 4 aromatic rings. The third-order valence-electron chi connectivity index (χ3n) is 6.45. The molecule has 1 aliphatic heterocycles. The highest BCUT2D eigenvalue weighted by atomic mass is 32.2. The summed E-state index contributed by atoms with van der Waals surface area (Å²) in [6, 6.07) is 19.0. The fraction of sp³-hybridized carbons (Fsp3) is 0.167. The molecule has 2 heterocycles. The van der Waals surface area contributed by atoms with Crippen LogP contribution in [0.3, 0.4) is 0 Å². The first kappa shape index (κ1) is 29.2. The van der Waals surface area contributed by atoms with E-state index in [1.807, 2.05) is 6.07 Å². The number of nitrogens with one attached hydrogen (secondary N) is 1. The van der Waals surface area contributed by atoms with Crippen molar-refractivity contribution in [3.8, 4) is 28.7 Å². The second-order valence-corrected chi connectivity index (χ2v) is 9.87. The topological polar surface area (TPSA) is 137 Å². The molecule has 1 aliphatic rings. The highest BCUT2D eigenvalue weighted by molar-refractivity contribution is 8.14. The van der Waals surface area contributed by atoms with Crippen LogP contribution in [-0.2, 0) is 4.79 Å². The van der Waals surface area contributed by atoms with Crippen molar-refractivity contribution >= 4 is 40.4 Å². The predicted octanol–water partition coefficient (Wildman–Crippen LogP) is 3.64. The van der Waals surface area contributed by atoms with Crippen molar-refractivity contribution in [3.05, 3.63) is 94.1 Å². The Bertz CT molecular complexity index is 1780. The Hall–Kier alpha value is -5.30. The number of aromatic amines is 1. The van der Waals surface area contributed by atoms with Crippen LogP contribution in [0.15, 0.2) is 86.7 Å². The summed E-state index contributed by atoms with van der Waals surface area (Å²) in [4.78, 5) is 45.5. The van der Waals surface area contributed by atoms with Gasteiger partial charge in [-0.25, -0.2) is 9.79 Å². The summed E-state index contributed by atoms with van der Waals surface area (Å²) in [6.45, 7) is 0. The fourth-order valence-electron chi connectivity index (χ4n) is 4.33. The molecule has 43 heavy (non-hydrogen) atoms. The van der Waals surface area contributed by atoms with Crippen molar-refractivity contribution in [1.29, 1.82) is 0 Å². The summed E-state index contributed by atoms with van der Waals surface area (Å²) in [5.74, 6) is 0.812. The number of Topliss-reactive ketones (excluding diaryl/α,β-unsaturated/α-hetero) is 1. The highest BCUT2D eigenvalue weighted by Gasteiger charge is 2.35. The third kappa shape index (κ3) is 5.88. The number of anilines is 1. The molecular formula is C30H27N4O8S+. The summed E-state index contributed by atoms with van der Waals surface area (Å²) in [5.41, 5.74) is 0.662. The highest BCUT2D eigenvalue weighted by Crippen LogP contribution is 2.37. The van der Waals surface area contributed by atoms with Gasteiger partial charge in [0.1, 0.15) is 17.2 Å². The molecule has 13 heteroatoms. The van der Waals surface area contributed by atoms with Gasteiger partial charge in [0, 0.05) is 23.8 Å². The van der Waals surface area contributed by atoms with E-state index in [0.29, 0.717) is 39.9 Å². The van der Waals surface area contributed by atoms with Crippen LogP contribution in [0.4, 0.5) is 5.69 Å². The minimum absolute atomic E-state index is 0.110. The molecule has 0 radical (unpaired) electrons. The van der Waals surface area contributed by atoms with Gasteiger partial charge in [0.25, 0.3) is 5.91 Å². The van der Waals surface area contributed by atoms with Crippen LogP contribution >= 0.6 is 11.8 Å². The molecule has 220 valence electrons. The molecule has 0 unspecified atom stereocenters. The van der Waals surface area contributed by atoms with Gasteiger partial charge in [-0.15, -0.1) is 0 Å². The van der Waals surface area contributed by atoms with E-state index in [9.17, 15) is 14.4 Å². The molecule has 12 nitrogen and oxygen atoms in total. The second-order valence-electron chi connectivity index (χ2n) is 8.92. The quantitative estimate of drug-likeness (QED) is 0.164. The van der Waals surface area contributed by atoms with Gasteiger partial charge in [-0.3, -0.25) is 19.0 Å². The normalized spacial score (nSPS) is 13.7. The van der Waals surface area contributed by atoms with Gasteiger partial charge in [-0.2, -0.15) is 0 Å². The second kappa shape index (κ2) is 12.7. The maximum absolute atomic E-state index is 13.7. The first-order valence-corrected chi connectivity index (χ1v) is 13.8. The Morgan fingerprint density at radius 2 is 1.60 bits per heavy atom. The van der Waals surface area contributed by atoms with Crippen LogP contribution in [0, 0.1) is 0 Å². The zero-order valence-electron chi connectivity index (χ0n) is 23.7. The number of amidine groups is 1. The van der Waals surface area contributed by atoms with Gasteiger partial charge in [0.05, 0.1) is 39.9 Å². The van der Waals surface area contributed by atoms with E-state index in [1.165, 1.54) is 38.0 Å². The number of rotatable bonds is 10. The molecule has 1 amide bonds. The van der Waals surface area contributed by atoms with Crippen LogP contribution in [0.5, 0.6) is 23.0 Å². The molecule has 0 aliphatic carbocycles. The van der Waals surface area contributed by atoms with Crippen molar-refractivity contribution in [2.75, 3.05) is 39.1 Å². The number of aliphatic imine (C=N–C) groups is 1. The van der Waals surface area contributed by atoms with Crippen LogP contribution in [-0.4, -0.2) is 56.3 Å². The maximum Gasteiger partial charge on any atom is 0.438 e. The van der Waals surface area contributed by atoms with E-state index in [2.05, 4.69) is 10.3 Å². The van der Waals surface area contributed by atoms with Gasteiger partial charge in [0.15, 0.2) is 16.7 Å². The Labute approximate surface area is 250 Å². The molecule has 0 saturated heterocycles. The Morgan fingerprint density at radius 1 is 0.930 bits per heavy atom. The molecule has 0 fully saturated rings. The monoisotopic (exact) mass is 603 g/mol. The van der Waals surface area contributed by atoms with Gasteiger partial charge >= 0.3 is 11.3 Å². The van der Waals surface area contributed by atoms with E-state index in [4.69, 9.17) is 23.5 Å². The summed E-state index contributed by atoms with van der Waals surface area (Å²) in [7, 11) is 6.06. The van der Waals surface area contributed by atoms with E-state index < -0.39 is 17.3 Å². The summed E-state index contributed by atoms with van der Waals surface area (Å²) in [6.07, 6.45) is 1.58. The lowest BCUT2D eigenvalue weighted by Crippen LogP contribution is -2.41. The van der Waals surface area contributed by atoms with Gasteiger partial charge in [-0.1, -0.05) is 30.0 Å². The number of hydrogen-bond acceptors (Lipinski definition) is 10. The van der Waals surface area contributed by atoms with Crippen molar-refractivity contribution in [2.45, 2.75) is 0 Å². The number of hydrogen-bond donors (Lipinski definition) is 1. The molecule has 0 bridgehead atoms. The first-order valence-electron chi connectivity index (χ1n) is 12.8. The zero-order valence-corrected chi connectivity index (χ0v) is 24.5. The van der Waals surface area contributed by atoms with Crippen molar-refractivity contribution in [2.24, 2.45) is 4.99 Å². The number of aromatic nitrogens is 2. The fourth-order valence-corrected chi connectivity index (χ4v) is 5.21. The number of methoxy groups -OCH3 is 4. The Kier molecular flexibility index (Phi) is 8.62. The Balaban J connectivity index is 1.48. The largest absolute Gasteiger partial charge is 0.497 e. The first-order chi connectivity index (χ1) is 20.9. The minimum atomic E-state index is -0.827. The number of ether oxygens (including phenoxy) is 4. The zero-order chi connectivity index (χ0) is 30.5. The number of ketones is 1. The smallest absolute Gasteiger partial charge is 0.438 e. The molecular weight excluding hydrogens is 576 g/mol. The Morgan fingerprint density at radius 3 is 2.26 bits per heavy atom. The molecule has 5 rings (SSSR count). The average molecular weight is 604 g/mol. The van der Waals surface area contributed by atoms with Gasteiger partial charge in [0.2, 0.25) is 11.5 Å². The number of carbonyl (C=O) groups excluding carboxylic acids is 2.